The standard InChI is InChI=1S/C27H23N3O3.C13H18O3.C10H10N2O2.C9H9ClO2.C6H9NO.C4H9ClO.2CH4/c1-33-22-9-5-8-19(14-22)16-24-27(32)30-17-25(20-10-12-21(31)13-11-20)28-23(26(30)29-24)15-18-6-3-2-4-7-18;1-4-16-10(2)13(14)9-11-6-5-7-12(8-11)15-3;1-14-10-4-2-3-8(6-10)5-9(13)7-12-11;1-12-8-4-2-3-7(5-8)6-9(10)11;7-4-3-6-2-1-5-8-6;1-4(2,3)6-5;;/h2-14,17,31-32H,15-16H2,1H3;5-8,10H,4,9H2,1-3H3;2-4,6-7H,5H2,1H3;2-5H,6H2,1H3;6H,1-3,5H2;1-3H3;2*1H4. The van der Waals surface area contributed by atoms with Crippen LogP contribution in [0.2, 0.25) is 0 Å². The minimum absolute atomic E-state index is 0. The van der Waals surface area contributed by atoms with Crippen LogP contribution in [0.4, 0.5) is 0 Å². The number of methoxy groups -OCH3 is 4. The van der Waals surface area contributed by atoms with Gasteiger partial charge in [-0.15, -0.1) is 0 Å². The van der Waals surface area contributed by atoms with Crippen LogP contribution in [0.1, 0.15) is 108 Å². The van der Waals surface area contributed by atoms with E-state index < -0.39 is 0 Å². The Morgan fingerprint density at radius 1 is 0.725 bits per heavy atom. The number of hydrogen-bond donors (Lipinski definition) is 2. The van der Waals surface area contributed by atoms with E-state index >= 15 is 0 Å². The largest absolute Gasteiger partial charge is 0.508 e. The highest BCUT2D eigenvalue weighted by atomic mass is 35.5. The molecule has 0 saturated carbocycles. The first-order chi connectivity index (χ1) is 42.7. The van der Waals surface area contributed by atoms with Gasteiger partial charge in [0.2, 0.25) is 16.9 Å². The second-order valence-corrected chi connectivity index (χ2v) is 21.4. The molecule has 486 valence electrons. The number of fused-ring (bicyclic) bond motifs is 1. The van der Waals surface area contributed by atoms with Crippen LogP contribution in [-0.2, 0) is 60.3 Å². The Hall–Kier alpha value is -8.92. The van der Waals surface area contributed by atoms with Gasteiger partial charge in [-0.25, -0.2) is 9.97 Å². The van der Waals surface area contributed by atoms with E-state index in [0.717, 1.165) is 82.0 Å². The van der Waals surface area contributed by atoms with Crippen molar-refractivity contribution in [1.29, 1.82) is 5.26 Å². The van der Waals surface area contributed by atoms with Crippen LogP contribution >= 0.6 is 23.5 Å². The maximum Gasteiger partial charge on any atom is 0.323 e. The first-order valence-electron chi connectivity index (χ1n) is 28.5. The van der Waals surface area contributed by atoms with Crippen molar-refractivity contribution in [3.05, 3.63) is 203 Å². The SMILES string of the molecule is C.C.CC(C)(C)OCl.CCOC(C)C(=O)Cc1cccc(OC)c1.COc1cccc(CC(=O)C=[N+]=[N-])c1.COc1cccc(CC(=O)Cl)c1.COc1cccc(Cc2nc3c(Cc4ccccc4)nc(-c4ccc(O)cc4)cn3c2O)c1.N#CCC1CCCO1. The van der Waals surface area contributed by atoms with Crippen LogP contribution in [0.5, 0.6) is 34.6 Å². The van der Waals surface area contributed by atoms with Gasteiger partial charge in [-0.1, -0.05) is 93.7 Å². The predicted octanol–water partition coefficient (Wildman–Crippen LogP) is 14.6. The number of carbonyl (C=O) groups is 3. The molecule has 0 aliphatic carbocycles. The number of aromatic hydroxyl groups is 2. The van der Waals surface area contributed by atoms with Gasteiger partial charge in [-0.2, -0.15) is 10.1 Å². The monoisotopic (exact) mass is 1280 g/mol. The summed E-state index contributed by atoms with van der Waals surface area (Å²) < 4.78 is 36.9. The average molecular weight is 1290 g/mol. The molecule has 0 bridgehead atoms. The lowest BCUT2D eigenvalue weighted by atomic mass is 10.1. The van der Waals surface area contributed by atoms with Crippen molar-refractivity contribution in [2.45, 2.75) is 119 Å². The van der Waals surface area contributed by atoms with Crippen LogP contribution in [0.3, 0.4) is 0 Å². The first-order valence-corrected chi connectivity index (χ1v) is 29.2. The van der Waals surface area contributed by atoms with E-state index in [2.05, 4.69) is 15.1 Å². The topological polar surface area (TPSA) is 247 Å². The van der Waals surface area contributed by atoms with Crippen molar-refractivity contribution in [3.63, 3.8) is 0 Å². The molecule has 1 aliphatic heterocycles. The summed E-state index contributed by atoms with van der Waals surface area (Å²) in [5.41, 5.74) is 16.2. The van der Waals surface area contributed by atoms with Gasteiger partial charge < -0.3 is 44.2 Å². The Bertz CT molecular complexity index is 3560. The number of imidazole rings is 1. The van der Waals surface area contributed by atoms with Crippen molar-refractivity contribution < 1.29 is 62.1 Å². The molecular formula is C71H86Cl2N6O12. The molecule has 0 amide bonds. The summed E-state index contributed by atoms with van der Waals surface area (Å²) in [6, 6.07) is 48.7. The van der Waals surface area contributed by atoms with Gasteiger partial charge in [-0.05, 0) is 160 Å². The lowest BCUT2D eigenvalue weighted by Gasteiger charge is -2.10. The van der Waals surface area contributed by atoms with E-state index in [1.807, 2.05) is 131 Å². The molecule has 6 aromatic carbocycles. The van der Waals surface area contributed by atoms with E-state index in [1.165, 1.54) is 0 Å². The highest BCUT2D eigenvalue weighted by Gasteiger charge is 2.19. The fraction of sp³-hybridized carbons (Fsp3) is 0.338. The van der Waals surface area contributed by atoms with Crippen molar-refractivity contribution in [1.82, 2.24) is 14.4 Å². The number of phenols is 1. The van der Waals surface area contributed by atoms with Gasteiger partial charge in [0.15, 0.2) is 11.4 Å². The van der Waals surface area contributed by atoms with E-state index in [9.17, 15) is 24.6 Å². The van der Waals surface area contributed by atoms with Crippen LogP contribution in [0, 0.1) is 11.3 Å². The average Bonchev–Trinajstić information content (AvgIpc) is 1.69. The quantitative estimate of drug-likeness (QED) is 0.0312. The molecule has 20 heteroatoms. The number of nitrogens with zero attached hydrogens (tertiary/aromatic N) is 6. The lowest BCUT2D eigenvalue weighted by Crippen LogP contribution is -2.22. The van der Waals surface area contributed by atoms with E-state index in [4.69, 9.17) is 72.6 Å². The van der Waals surface area contributed by atoms with Gasteiger partial charge in [0.05, 0.1) is 75.9 Å². The minimum atomic E-state index is -0.358. The number of benzene rings is 6. The number of nitriles is 1. The molecule has 8 aromatic rings. The molecule has 1 saturated heterocycles. The summed E-state index contributed by atoms with van der Waals surface area (Å²) in [7, 11) is 6.40. The smallest absolute Gasteiger partial charge is 0.323 e. The van der Waals surface area contributed by atoms with Crippen LogP contribution in [-0.4, -0.2) is 112 Å². The molecule has 2 aromatic heterocycles. The Morgan fingerprint density at radius 3 is 1.67 bits per heavy atom. The zero-order valence-corrected chi connectivity index (χ0v) is 53.2. The zero-order valence-electron chi connectivity index (χ0n) is 51.7. The number of hydrogen-bond acceptors (Lipinski definition) is 15. The Kier molecular flexibility index (Phi) is 36.2. The predicted molar refractivity (Wildman–Crippen MR) is 358 cm³/mol. The van der Waals surface area contributed by atoms with Crippen molar-refractivity contribution >= 4 is 52.1 Å². The van der Waals surface area contributed by atoms with Crippen LogP contribution in [0.25, 0.3) is 22.4 Å². The van der Waals surface area contributed by atoms with Gasteiger partial charge in [0, 0.05) is 57.1 Å². The molecule has 91 heavy (non-hydrogen) atoms. The van der Waals surface area contributed by atoms with Crippen molar-refractivity contribution in [2.24, 2.45) is 0 Å². The van der Waals surface area contributed by atoms with Gasteiger partial charge in [0.25, 0.3) is 0 Å². The third-order valence-electron chi connectivity index (χ3n) is 12.8. The molecule has 2 atom stereocenters. The first kappa shape index (κ1) is 78.2. The molecule has 2 N–H and O–H groups in total. The number of ketones is 2. The van der Waals surface area contributed by atoms with E-state index in [1.54, 1.807) is 94.5 Å². The fourth-order valence-electron chi connectivity index (χ4n) is 8.33. The molecule has 0 radical (unpaired) electrons. The molecule has 1 aliphatic rings. The van der Waals surface area contributed by atoms with Crippen molar-refractivity contribution in [3.8, 4) is 52.0 Å². The molecule has 18 nitrogen and oxygen atoms in total. The normalized spacial score (nSPS) is 12.0. The second kappa shape index (κ2) is 42.1. The molecule has 2 unspecified atom stereocenters. The second-order valence-electron chi connectivity index (χ2n) is 20.8. The number of ether oxygens (including phenoxy) is 6. The molecule has 1 fully saturated rings. The van der Waals surface area contributed by atoms with Crippen LogP contribution < -0.4 is 18.9 Å². The number of rotatable bonds is 20. The Morgan fingerprint density at radius 2 is 1.21 bits per heavy atom. The highest BCUT2D eigenvalue weighted by molar-refractivity contribution is 6.63. The van der Waals surface area contributed by atoms with E-state index in [-0.39, 0.29) is 73.9 Å². The molecular weight excluding hydrogens is 1200 g/mol. The van der Waals surface area contributed by atoms with Gasteiger partial charge in [-0.3, -0.25) is 23.1 Å². The summed E-state index contributed by atoms with van der Waals surface area (Å²) in [4.78, 5) is 45.7. The maximum atomic E-state index is 11.7. The molecule has 9 rings (SSSR count). The van der Waals surface area contributed by atoms with Gasteiger partial charge in [0.1, 0.15) is 40.5 Å². The zero-order chi connectivity index (χ0) is 65.1. The summed E-state index contributed by atoms with van der Waals surface area (Å²) in [5.74, 6) is 3.10. The van der Waals surface area contributed by atoms with Crippen LogP contribution in [0.15, 0.2) is 158 Å². The maximum absolute atomic E-state index is 11.7. The summed E-state index contributed by atoms with van der Waals surface area (Å²) >= 11 is 10.2. The van der Waals surface area contributed by atoms with Crippen molar-refractivity contribution in [2.75, 3.05) is 41.7 Å². The molecule has 0 spiro atoms. The molecule has 3 heterocycles. The third-order valence-corrected chi connectivity index (χ3v) is 13.3. The number of Topliss-reactive ketones (excluding diaryl/α,β-unsaturated/α-hetero) is 2. The summed E-state index contributed by atoms with van der Waals surface area (Å²) in [6.07, 6.45) is 7.25. The number of aromatic nitrogens is 3. The third kappa shape index (κ3) is 29.1. The number of phenolic OH excluding ortho intramolecular Hbond substituents is 1. The Labute approximate surface area is 546 Å². The summed E-state index contributed by atoms with van der Waals surface area (Å²) in [5, 5.41) is 28.6. The van der Waals surface area contributed by atoms with Gasteiger partial charge >= 0.3 is 6.21 Å². The highest BCUT2D eigenvalue weighted by Crippen LogP contribution is 2.30. The number of halogens is 2. The summed E-state index contributed by atoms with van der Waals surface area (Å²) in [6.45, 7) is 10.7. The lowest BCUT2D eigenvalue weighted by molar-refractivity contribution is -0.128. The number of carbonyl (C=O) groups excluding carboxylic acids is 3. The minimum Gasteiger partial charge on any atom is -0.508 e. The Balaban J connectivity index is 0.000000411. The van der Waals surface area contributed by atoms with E-state index in [0.29, 0.717) is 55.1 Å². The fourth-order valence-corrected chi connectivity index (χ4v) is 8.49.